The van der Waals surface area contributed by atoms with Crippen molar-refractivity contribution < 1.29 is 9.53 Å². The monoisotopic (exact) mass is 233 g/mol. The molecule has 2 rings (SSSR count). The number of hydrogen-bond acceptors (Lipinski definition) is 3. The van der Waals surface area contributed by atoms with Gasteiger partial charge in [0.1, 0.15) is 11.8 Å². The summed E-state index contributed by atoms with van der Waals surface area (Å²) < 4.78 is 6.82. The van der Waals surface area contributed by atoms with Crippen molar-refractivity contribution in [1.29, 1.82) is 0 Å². The first-order chi connectivity index (χ1) is 8.17. The normalized spacial score (nSPS) is 12.6. The van der Waals surface area contributed by atoms with Crippen LogP contribution in [0.5, 0.6) is 5.75 Å². The summed E-state index contributed by atoms with van der Waals surface area (Å²) >= 11 is 0. The Balaban J connectivity index is 2.57. The molecule has 0 saturated heterocycles. The van der Waals surface area contributed by atoms with Crippen molar-refractivity contribution in [3.8, 4) is 5.75 Å². The Labute approximate surface area is 99.2 Å². The van der Waals surface area contributed by atoms with Crippen LogP contribution < -0.4 is 10.5 Å². The fourth-order valence-electron chi connectivity index (χ4n) is 1.89. The van der Waals surface area contributed by atoms with Gasteiger partial charge in [-0.25, -0.2) is 0 Å². The van der Waals surface area contributed by atoms with Crippen molar-refractivity contribution in [3.05, 3.63) is 24.4 Å². The molecule has 0 aliphatic rings. The standard InChI is InChI=1S/C12H15N3O2/c1-3-10(12(13)16)15-11-6-9(17-2)5-4-8(11)7-14-15/h4-7,10H,3H2,1-2H3,(H2,13,16). The van der Waals surface area contributed by atoms with E-state index < -0.39 is 6.04 Å². The van der Waals surface area contributed by atoms with Crippen LogP contribution in [0.1, 0.15) is 19.4 Å². The van der Waals surface area contributed by atoms with E-state index in [9.17, 15) is 4.79 Å². The molecule has 0 aliphatic carbocycles. The number of carbonyl (C=O) groups is 1. The fraction of sp³-hybridized carbons (Fsp3) is 0.333. The molecule has 1 aromatic heterocycles. The zero-order valence-electron chi connectivity index (χ0n) is 9.88. The number of nitrogens with two attached hydrogens (primary N) is 1. The Hall–Kier alpha value is -2.04. The fourth-order valence-corrected chi connectivity index (χ4v) is 1.89. The maximum absolute atomic E-state index is 11.4. The highest BCUT2D eigenvalue weighted by molar-refractivity contribution is 5.84. The molecule has 0 aliphatic heterocycles. The number of ether oxygens (including phenoxy) is 1. The molecule has 1 heterocycles. The minimum absolute atomic E-state index is 0.375. The Morgan fingerprint density at radius 2 is 2.35 bits per heavy atom. The number of amides is 1. The zero-order valence-corrected chi connectivity index (χ0v) is 9.88. The molecule has 2 aromatic rings. The van der Waals surface area contributed by atoms with Crippen molar-refractivity contribution in [2.24, 2.45) is 5.73 Å². The van der Waals surface area contributed by atoms with Gasteiger partial charge in [-0.1, -0.05) is 6.92 Å². The lowest BCUT2D eigenvalue weighted by Gasteiger charge is -2.13. The van der Waals surface area contributed by atoms with Crippen LogP contribution in [0, 0.1) is 0 Å². The lowest BCUT2D eigenvalue weighted by atomic mass is 10.2. The molecule has 0 spiro atoms. The average Bonchev–Trinajstić information content (AvgIpc) is 2.73. The first kappa shape index (κ1) is 11.4. The summed E-state index contributed by atoms with van der Waals surface area (Å²) in [5.74, 6) is 0.360. The van der Waals surface area contributed by atoms with Crippen LogP contribution >= 0.6 is 0 Å². The molecule has 1 unspecified atom stereocenters. The molecule has 1 amide bonds. The minimum Gasteiger partial charge on any atom is -0.497 e. The van der Waals surface area contributed by atoms with Gasteiger partial charge in [0.05, 0.1) is 18.8 Å². The SMILES string of the molecule is CCC(C(N)=O)n1ncc2ccc(OC)cc21. The summed E-state index contributed by atoms with van der Waals surface area (Å²) in [6.45, 7) is 1.91. The van der Waals surface area contributed by atoms with E-state index in [0.717, 1.165) is 16.7 Å². The second kappa shape index (κ2) is 4.45. The third kappa shape index (κ3) is 1.95. The summed E-state index contributed by atoms with van der Waals surface area (Å²) in [4.78, 5) is 11.4. The number of carbonyl (C=O) groups excluding carboxylic acids is 1. The van der Waals surface area contributed by atoms with Crippen molar-refractivity contribution >= 4 is 16.8 Å². The summed E-state index contributed by atoms with van der Waals surface area (Å²) in [6.07, 6.45) is 2.34. The number of primary amides is 1. The van der Waals surface area contributed by atoms with Gasteiger partial charge >= 0.3 is 0 Å². The van der Waals surface area contributed by atoms with Gasteiger partial charge in [0.2, 0.25) is 5.91 Å². The third-order valence-electron chi connectivity index (χ3n) is 2.82. The van der Waals surface area contributed by atoms with Crippen LogP contribution in [0.3, 0.4) is 0 Å². The van der Waals surface area contributed by atoms with E-state index in [2.05, 4.69) is 5.10 Å². The first-order valence-electron chi connectivity index (χ1n) is 5.48. The number of hydrogen-bond donors (Lipinski definition) is 1. The highest BCUT2D eigenvalue weighted by atomic mass is 16.5. The van der Waals surface area contributed by atoms with E-state index >= 15 is 0 Å². The highest BCUT2D eigenvalue weighted by Gasteiger charge is 2.18. The molecule has 1 aromatic carbocycles. The van der Waals surface area contributed by atoms with Crippen LogP contribution in [-0.4, -0.2) is 22.8 Å². The van der Waals surface area contributed by atoms with E-state index in [0.29, 0.717) is 6.42 Å². The molecule has 0 bridgehead atoms. The number of fused-ring (bicyclic) bond motifs is 1. The molecule has 0 saturated carbocycles. The number of benzene rings is 1. The van der Waals surface area contributed by atoms with Gasteiger partial charge in [0, 0.05) is 11.5 Å². The number of aromatic nitrogens is 2. The number of nitrogens with zero attached hydrogens (tertiary/aromatic N) is 2. The lowest BCUT2D eigenvalue weighted by Crippen LogP contribution is -2.26. The molecule has 2 N–H and O–H groups in total. The Morgan fingerprint density at radius 3 is 2.94 bits per heavy atom. The van der Waals surface area contributed by atoms with Crippen LogP contribution in [-0.2, 0) is 4.79 Å². The van der Waals surface area contributed by atoms with Gasteiger partial charge in [0.15, 0.2) is 0 Å². The van der Waals surface area contributed by atoms with Crippen LogP contribution in [0.4, 0.5) is 0 Å². The van der Waals surface area contributed by atoms with Crippen LogP contribution in [0.25, 0.3) is 10.9 Å². The predicted molar refractivity (Wildman–Crippen MR) is 64.8 cm³/mol. The quantitative estimate of drug-likeness (QED) is 0.869. The number of rotatable bonds is 4. The predicted octanol–water partition coefficient (Wildman–Crippen LogP) is 1.48. The molecule has 5 heteroatoms. The largest absolute Gasteiger partial charge is 0.497 e. The maximum Gasteiger partial charge on any atom is 0.242 e. The van der Waals surface area contributed by atoms with Gasteiger partial charge in [0.25, 0.3) is 0 Å². The Kier molecular flexibility index (Phi) is 2.99. The van der Waals surface area contributed by atoms with Gasteiger partial charge in [-0.15, -0.1) is 0 Å². The second-order valence-corrected chi connectivity index (χ2v) is 3.84. The van der Waals surface area contributed by atoms with E-state index in [1.807, 2.05) is 25.1 Å². The maximum atomic E-state index is 11.4. The minimum atomic E-state index is -0.417. The van der Waals surface area contributed by atoms with E-state index in [4.69, 9.17) is 10.5 Å². The van der Waals surface area contributed by atoms with Crippen molar-refractivity contribution in [2.45, 2.75) is 19.4 Å². The topological polar surface area (TPSA) is 70.1 Å². The van der Waals surface area contributed by atoms with E-state index in [1.54, 1.807) is 18.0 Å². The first-order valence-corrected chi connectivity index (χ1v) is 5.48. The molecule has 5 nitrogen and oxygen atoms in total. The summed E-state index contributed by atoms with van der Waals surface area (Å²) in [7, 11) is 1.60. The zero-order chi connectivity index (χ0) is 12.4. The van der Waals surface area contributed by atoms with Crippen molar-refractivity contribution in [3.63, 3.8) is 0 Å². The molecule has 1 atom stereocenters. The van der Waals surface area contributed by atoms with E-state index in [-0.39, 0.29) is 5.91 Å². The Bertz CT molecular complexity index is 548. The highest BCUT2D eigenvalue weighted by Crippen LogP contribution is 2.24. The Morgan fingerprint density at radius 1 is 1.59 bits per heavy atom. The van der Waals surface area contributed by atoms with Crippen LogP contribution in [0.2, 0.25) is 0 Å². The summed E-state index contributed by atoms with van der Waals surface area (Å²) in [5, 5.41) is 5.19. The van der Waals surface area contributed by atoms with Gasteiger partial charge in [-0.2, -0.15) is 5.10 Å². The third-order valence-corrected chi connectivity index (χ3v) is 2.82. The van der Waals surface area contributed by atoms with Crippen molar-refractivity contribution in [2.75, 3.05) is 7.11 Å². The molecule has 90 valence electrons. The average molecular weight is 233 g/mol. The number of methoxy groups -OCH3 is 1. The molecule has 0 radical (unpaired) electrons. The van der Waals surface area contributed by atoms with Gasteiger partial charge in [-0.3, -0.25) is 9.48 Å². The molecule has 17 heavy (non-hydrogen) atoms. The second-order valence-electron chi connectivity index (χ2n) is 3.84. The molecule has 0 fully saturated rings. The molecular formula is C12H15N3O2. The molecular weight excluding hydrogens is 218 g/mol. The van der Waals surface area contributed by atoms with Gasteiger partial charge < -0.3 is 10.5 Å². The summed E-state index contributed by atoms with van der Waals surface area (Å²) in [6, 6.07) is 5.21. The van der Waals surface area contributed by atoms with Crippen LogP contribution in [0.15, 0.2) is 24.4 Å². The lowest BCUT2D eigenvalue weighted by molar-refractivity contribution is -0.121. The smallest absolute Gasteiger partial charge is 0.242 e. The summed E-state index contributed by atoms with van der Waals surface area (Å²) in [5.41, 5.74) is 6.23. The van der Waals surface area contributed by atoms with Crippen molar-refractivity contribution in [1.82, 2.24) is 9.78 Å². The van der Waals surface area contributed by atoms with Gasteiger partial charge in [-0.05, 0) is 18.6 Å². The van der Waals surface area contributed by atoms with E-state index in [1.165, 1.54) is 0 Å².